The number of hydrogen-bond donors (Lipinski definition) is 0. The van der Waals surface area contributed by atoms with Gasteiger partial charge in [-0.3, -0.25) is 14.6 Å². The van der Waals surface area contributed by atoms with Crippen LogP contribution >= 0.6 is 0 Å². The van der Waals surface area contributed by atoms with Gasteiger partial charge in [-0.15, -0.1) is 0 Å². The van der Waals surface area contributed by atoms with E-state index in [2.05, 4.69) is 4.90 Å². The minimum Gasteiger partial charge on any atom is -0.298 e. The van der Waals surface area contributed by atoms with Crippen molar-refractivity contribution in [1.82, 2.24) is 9.80 Å². The van der Waals surface area contributed by atoms with E-state index in [1.54, 1.807) is 0 Å². The molecule has 0 bridgehead atoms. The third-order valence-electron chi connectivity index (χ3n) is 3.77. The summed E-state index contributed by atoms with van der Waals surface area (Å²) >= 11 is 0. The molecule has 1 saturated carbocycles. The minimum atomic E-state index is -4.12. The smallest absolute Gasteiger partial charge is 0.298 e. The summed E-state index contributed by atoms with van der Waals surface area (Å²) in [6.45, 7) is 1.13. The molecule has 0 amide bonds. The Morgan fingerprint density at radius 2 is 1.78 bits per heavy atom. The summed E-state index contributed by atoms with van der Waals surface area (Å²) in [6, 6.07) is -0.0354. The van der Waals surface area contributed by atoms with Gasteiger partial charge in [0.15, 0.2) is 0 Å². The summed E-state index contributed by atoms with van der Waals surface area (Å²) in [4.78, 5) is 15.3. The van der Waals surface area contributed by atoms with Crippen molar-refractivity contribution in [2.75, 3.05) is 32.7 Å². The van der Waals surface area contributed by atoms with E-state index in [1.165, 1.54) is 4.90 Å². The van der Waals surface area contributed by atoms with Gasteiger partial charge in [0.1, 0.15) is 5.78 Å². The van der Waals surface area contributed by atoms with E-state index >= 15 is 0 Å². The van der Waals surface area contributed by atoms with Gasteiger partial charge in [-0.1, -0.05) is 6.42 Å². The molecule has 3 nitrogen and oxygen atoms in total. The van der Waals surface area contributed by atoms with Crippen LogP contribution in [-0.4, -0.2) is 60.5 Å². The van der Waals surface area contributed by atoms with Crippen LogP contribution in [0.2, 0.25) is 0 Å². The zero-order valence-electron chi connectivity index (χ0n) is 10.4. The number of alkyl halides is 3. The van der Waals surface area contributed by atoms with Crippen molar-refractivity contribution >= 4 is 5.78 Å². The van der Waals surface area contributed by atoms with Gasteiger partial charge in [0.05, 0.1) is 12.6 Å². The van der Waals surface area contributed by atoms with Gasteiger partial charge in [0.2, 0.25) is 0 Å². The first-order chi connectivity index (χ1) is 8.46. The number of ketones is 1. The van der Waals surface area contributed by atoms with Crippen LogP contribution in [0.4, 0.5) is 13.2 Å². The molecule has 0 radical (unpaired) electrons. The van der Waals surface area contributed by atoms with Crippen LogP contribution in [0, 0.1) is 0 Å². The average molecular weight is 264 g/mol. The number of carbonyl (C=O) groups is 1. The average Bonchev–Trinajstić information content (AvgIpc) is 2.29. The second-order valence-corrected chi connectivity index (χ2v) is 5.16. The van der Waals surface area contributed by atoms with Crippen molar-refractivity contribution in [3.8, 4) is 0 Å². The predicted octanol–water partition coefficient (Wildman–Crippen LogP) is 1.68. The molecule has 1 aliphatic heterocycles. The standard InChI is InChI=1S/C12H19F3N2O/c13-12(14,15)9-16-5-7-17(8-6-16)10-3-1-2-4-11(10)18/h10H,1-9H2. The summed E-state index contributed by atoms with van der Waals surface area (Å²) in [6.07, 6.45) is -0.600. The summed E-state index contributed by atoms with van der Waals surface area (Å²) in [5, 5.41) is 0. The van der Waals surface area contributed by atoms with E-state index in [-0.39, 0.29) is 11.8 Å². The summed E-state index contributed by atoms with van der Waals surface area (Å²) < 4.78 is 36.7. The molecule has 1 atom stereocenters. The van der Waals surface area contributed by atoms with Gasteiger partial charge >= 0.3 is 6.18 Å². The molecule has 1 aliphatic carbocycles. The van der Waals surface area contributed by atoms with Crippen molar-refractivity contribution in [3.63, 3.8) is 0 Å². The summed E-state index contributed by atoms with van der Waals surface area (Å²) in [7, 11) is 0. The second-order valence-electron chi connectivity index (χ2n) is 5.16. The Bertz CT molecular complexity index is 298. The third kappa shape index (κ3) is 3.68. The Morgan fingerprint density at radius 1 is 1.11 bits per heavy atom. The maximum Gasteiger partial charge on any atom is 0.401 e. The van der Waals surface area contributed by atoms with Crippen molar-refractivity contribution in [1.29, 1.82) is 0 Å². The lowest BCUT2D eigenvalue weighted by atomic mass is 9.92. The zero-order chi connectivity index (χ0) is 13.2. The van der Waals surface area contributed by atoms with Crippen LogP contribution in [0.25, 0.3) is 0 Å². The quantitative estimate of drug-likeness (QED) is 0.758. The fraction of sp³-hybridized carbons (Fsp3) is 0.917. The molecule has 1 unspecified atom stereocenters. The Kier molecular flexibility index (Phi) is 4.27. The van der Waals surface area contributed by atoms with Crippen molar-refractivity contribution in [2.45, 2.75) is 37.9 Å². The first-order valence-electron chi connectivity index (χ1n) is 6.51. The SMILES string of the molecule is O=C1CCCCC1N1CCN(CC(F)(F)F)CC1. The molecule has 2 aliphatic rings. The van der Waals surface area contributed by atoms with Crippen LogP contribution in [-0.2, 0) is 4.79 Å². The fourth-order valence-corrected chi connectivity index (χ4v) is 2.84. The highest BCUT2D eigenvalue weighted by Gasteiger charge is 2.35. The number of halogens is 3. The van der Waals surface area contributed by atoms with E-state index < -0.39 is 12.7 Å². The summed E-state index contributed by atoms with van der Waals surface area (Å²) in [5.74, 6) is 0.269. The molecule has 2 rings (SSSR count). The molecule has 104 valence electrons. The zero-order valence-corrected chi connectivity index (χ0v) is 10.4. The van der Waals surface area contributed by atoms with Crippen LogP contribution < -0.4 is 0 Å². The van der Waals surface area contributed by atoms with Crippen LogP contribution in [0.15, 0.2) is 0 Å². The molecule has 0 aromatic heterocycles. The maximum atomic E-state index is 12.2. The fourth-order valence-electron chi connectivity index (χ4n) is 2.84. The lowest BCUT2D eigenvalue weighted by Gasteiger charge is -2.40. The number of carbonyl (C=O) groups excluding carboxylic acids is 1. The molecule has 0 aromatic carbocycles. The van der Waals surface area contributed by atoms with E-state index in [1.807, 2.05) is 0 Å². The Labute approximate surface area is 105 Å². The highest BCUT2D eigenvalue weighted by Crippen LogP contribution is 2.22. The molecular formula is C12H19F3N2O. The van der Waals surface area contributed by atoms with Gasteiger partial charge < -0.3 is 0 Å². The van der Waals surface area contributed by atoms with Crippen LogP contribution in [0.5, 0.6) is 0 Å². The molecule has 0 aromatic rings. The van der Waals surface area contributed by atoms with Crippen molar-refractivity contribution < 1.29 is 18.0 Å². The number of nitrogens with zero attached hydrogens (tertiary/aromatic N) is 2. The van der Waals surface area contributed by atoms with Crippen molar-refractivity contribution in [3.05, 3.63) is 0 Å². The Hall–Kier alpha value is -0.620. The Balaban J connectivity index is 1.81. The normalized spacial score (nSPS) is 28.6. The van der Waals surface area contributed by atoms with Crippen LogP contribution in [0.1, 0.15) is 25.7 Å². The molecular weight excluding hydrogens is 245 g/mol. The predicted molar refractivity (Wildman–Crippen MR) is 61.3 cm³/mol. The topological polar surface area (TPSA) is 23.6 Å². The minimum absolute atomic E-state index is 0.0354. The first kappa shape index (κ1) is 13.8. The molecule has 0 N–H and O–H groups in total. The van der Waals surface area contributed by atoms with Gasteiger partial charge in [-0.05, 0) is 12.8 Å². The molecule has 1 saturated heterocycles. The van der Waals surface area contributed by atoms with Crippen LogP contribution in [0.3, 0.4) is 0 Å². The Morgan fingerprint density at radius 3 is 2.33 bits per heavy atom. The van der Waals surface area contributed by atoms with Gasteiger partial charge in [0.25, 0.3) is 0 Å². The molecule has 6 heteroatoms. The highest BCUT2D eigenvalue weighted by molar-refractivity contribution is 5.84. The number of Topliss-reactive ketones (excluding diaryl/α,β-unsaturated/α-hetero) is 1. The van der Waals surface area contributed by atoms with Crippen molar-refractivity contribution in [2.24, 2.45) is 0 Å². The number of hydrogen-bond acceptors (Lipinski definition) is 3. The third-order valence-corrected chi connectivity index (χ3v) is 3.77. The second kappa shape index (κ2) is 5.57. The molecule has 0 spiro atoms. The summed E-state index contributed by atoms with van der Waals surface area (Å²) in [5.41, 5.74) is 0. The van der Waals surface area contributed by atoms with Gasteiger partial charge in [-0.2, -0.15) is 13.2 Å². The van der Waals surface area contributed by atoms with E-state index in [9.17, 15) is 18.0 Å². The van der Waals surface area contributed by atoms with Gasteiger partial charge in [0, 0.05) is 32.6 Å². The molecule has 18 heavy (non-hydrogen) atoms. The molecule has 1 heterocycles. The molecule has 2 fully saturated rings. The number of piperazine rings is 1. The lowest BCUT2D eigenvalue weighted by molar-refractivity contribution is -0.151. The number of rotatable bonds is 2. The van der Waals surface area contributed by atoms with E-state index in [0.29, 0.717) is 32.6 Å². The first-order valence-corrected chi connectivity index (χ1v) is 6.51. The largest absolute Gasteiger partial charge is 0.401 e. The monoisotopic (exact) mass is 264 g/mol. The lowest BCUT2D eigenvalue weighted by Crippen LogP contribution is -2.54. The van der Waals surface area contributed by atoms with E-state index in [4.69, 9.17) is 0 Å². The maximum absolute atomic E-state index is 12.2. The van der Waals surface area contributed by atoms with Gasteiger partial charge in [-0.25, -0.2) is 0 Å². The highest BCUT2D eigenvalue weighted by atomic mass is 19.4. The van der Waals surface area contributed by atoms with E-state index in [0.717, 1.165) is 19.3 Å².